The summed E-state index contributed by atoms with van der Waals surface area (Å²) >= 11 is 0. The van der Waals surface area contributed by atoms with E-state index < -0.39 is 10.8 Å². The normalized spacial score (nSPS) is 12.4. The van der Waals surface area contributed by atoms with Gasteiger partial charge in [0.05, 0.1) is 7.11 Å². The molecule has 1 aromatic rings. The molecule has 0 aromatic carbocycles. The lowest BCUT2D eigenvalue weighted by atomic mass is 10.3. The van der Waals surface area contributed by atoms with Gasteiger partial charge in [-0.2, -0.15) is 0 Å². The Hall–Kier alpha value is -0.940. The molecule has 0 spiro atoms. The number of nitrogens with one attached hydrogen (secondary N) is 1. The highest BCUT2D eigenvalue weighted by atomic mass is 32.2. The van der Waals surface area contributed by atoms with Gasteiger partial charge < -0.3 is 10.1 Å². The second-order valence-electron chi connectivity index (χ2n) is 3.32. The second-order valence-corrected chi connectivity index (χ2v) is 5.18. The van der Waals surface area contributed by atoms with Crippen molar-refractivity contribution < 1.29 is 8.95 Å². The Labute approximate surface area is 98.9 Å². The van der Waals surface area contributed by atoms with Gasteiger partial charge in [0.15, 0.2) is 0 Å². The van der Waals surface area contributed by atoms with E-state index in [2.05, 4.69) is 10.3 Å². The van der Waals surface area contributed by atoms with Crippen LogP contribution < -0.4 is 10.1 Å². The van der Waals surface area contributed by atoms with Crippen molar-refractivity contribution in [3.05, 3.63) is 23.9 Å². The minimum atomic E-state index is -0.688. The van der Waals surface area contributed by atoms with Gasteiger partial charge in [0.2, 0.25) is 5.88 Å². The number of methoxy groups -OCH3 is 1. The van der Waals surface area contributed by atoms with Gasteiger partial charge in [-0.25, -0.2) is 4.98 Å². The summed E-state index contributed by atoms with van der Waals surface area (Å²) in [6, 6.07) is 3.80. The first-order valence-corrected chi connectivity index (χ1v) is 6.79. The largest absolute Gasteiger partial charge is 0.481 e. The molecule has 0 saturated carbocycles. The van der Waals surface area contributed by atoms with E-state index in [1.807, 2.05) is 19.1 Å². The second kappa shape index (κ2) is 7.35. The summed E-state index contributed by atoms with van der Waals surface area (Å²) in [4.78, 5) is 4.10. The van der Waals surface area contributed by atoms with Crippen molar-refractivity contribution in [2.45, 2.75) is 13.5 Å². The first-order valence-electron chi connectivity index (χ1n) is 5.31. The number of nitrogens with zero attached hydrogens (tertiary/aromatic N) is 1. The number of rotatable bonds is 7. The van der Waals surface area contributed by atoms with Crippen LogP contribution in [0.15, 0.2) is 18.3 Å². The highest BCUT2D eigenvalue weighted by Crippen LogP contribution is 2.05. The molecule has 5 heteroatoms. The lowest BCUT2D eigenvalue weighted by Gasteiger charge is -2.04. The first-order chi connectivity index (χ1) is 7.76. The van der Waals surface area contributed by atoms with Crippen LogP contribution in [0.25, 0.3) is 0 Å². The SMILES string of the molecule is CCS(=O)CCNCc1ccc(OC)nc1. The zero-order valence-corrected chi connectivity index (χ0v) is 10.5. The maximum atomic E-state index is 11.1. The van der Waals surface area contributed by atoms with Crippen LogP contribution in [0.1, 0.15) is 12.5 Å². The van der Waals surface area contributed by atoms with Crippen molar-refractivity contribution in [3.8, 4) is 5.88 Å². The van der Waals surface area contributed by atoms with Gasteiger partial charge in [-0.3, -0.25) is 4.21 Å². The summed E-state index contributed by atoms with van der Waals surface area (Å²) in [5.41, 5.74) is 1.10. The Bertz CT molecular complexity index is 327. The number of hydrogen-bond acceptors (Lipinski definition) is 4. The van der Waals surface area contributed by atoms with Crippen LogP contribution >= 0.6 is 0 Å². The summed E-state index contributed by atoms with van der Waals surface area (Å²) < 4.78 is 16.1. The quantitative estimate of drug-likeness (QED) is 0.723. The minimum absolute atomic E-state index is 0.621. The maximum Gasteiger partial charge on any atom is 0.212 e. The Balaban J connectivity index is 2.24. The molecule has 0 aliphatic rings. The monoisotopic (exact) mass is 242 g/mol. The highest BCUT2D eigenvalue weighted by Gasteiger charge is 1.97. The Kier molecular flexibility index (Phi) is 6.03. The van der Waals surface area contributed by atoms with Gasteiger partial charge in [0.25, 0.3) is 0 Å². The topological polar surface area (TPSA) is 51.2 Å². The Morgan fingerprint density at radius 3 is 2.88 bits per heavy atom. The van der Waals surface area contributed by atoms with E-state index in [-0.39, 0.29) is 0 Å². The standard InChI is InChI=1S/C11H18N2O2S/c1-3-16(14)7-6-12-8-10-4-5-11(15-2)13-9-10/h4-5,9,12H,3,6-8H2,1-2H3. The fraction of sp³-hybridized carbons (Fsp3) is 0.545. The van der Waals surface area contributed by atoms with Crippen LogP contribution in [0.3, 0.4) is 0 Å². The van der Waals surface area contributed by atoms with Crippen molar-refractivity contribution in [2.24, 2.45) is 0 Å². The molecule has 16 heavy (non-hydrogen) atoms. The van der Waals surface area contributed by atoms with Crippen molar-refractivity contribution in [1.82, 2.24) is 10.3 Å². The van der Waals surface area contributed by atoms with Crippen LogP contribution in [0, 0.1) is 0 Å². The minimum Gasteiger partial charge on any atom is -0.481 e. The third kappa shape index (κ3) is 4.72. The zero-order valence-electron chi connectivity index (χ0n) is 9.73. The molecule has 0 fully saturated rings. The molecular weight excluding hydrogens is 224 g/mol. The van der Waals surface area contributed by atoms with Gasteiger partial charge in [0.1, 0.15) is 0 Å². The first kappa shape index (κ1) is 13.1. The van der Waals surface area contributed by atoms with Crippen LogP contribution in [-0.4, -0.2) is 34.4 Å². The van der Waals surface area contributed by atoms with E-state index in [1.165, 1.54) is 0 Å². The summed E-state index contributed by atoms with van der Waals surface area (Å²) in [5, 5.41) is 3.23. The summed E-state index contributed by atoms with van der Waals surface area (Å²) in [5.74, 6) is 2.06. The number of pyridine rings is 1. The summed E-state index contributed by atoms with van der Waals surface area (Å²) in [6.45, 7) is 3.45. The molecule has 1 heterocycles. The Morgan fingerprint density at radius 2 is 2.31 bits per heavy atom. The molecule has 0 radical (unpaired) electrons. The van der Waals surface area contributed by atoms with E-state index in [1.54, 1.807) is 13.3 Å². The smallest absolute Gasteiger partial charge is 0.212 e. The molecule has 0 bridgehead atoms. The van der Waals surface area contributed by atoms with Gasteiger partial charge in [-0.15, -0.1) is 0 Å². The highest BCUT2D eigenvalue weighted by molar-refractivity contribution is 7.84. The average Bonchev–Trinajstić information content (AvgIpc) is 2.35. The third-order valence-corrected chi connectivity index (χ3v) is 3.47. The molecule has 0 amide bonds. The lowest BCUT2D eigenvalue weighted by Crippen LogP contribution is -2.20. The van der Waals surface area contributed by atoms with Gasteiger partial charge in [-0.1, -0.05) is 13.0 Å². The summed E-state index contributed by atoms with van der Waals surface area (Å²) in [6.07, 6.45) is 1.78. The van der Waals surface area contributed by atoms with Crippen molar-refractivity contribution >= 4 is 10.8 Å². The van der Waals surface area contributed by atoms with E-state index in [4.69, 9.17) is 4.74 Å². The zero-order chi connectivity index (χ0) is 11.8. The molecule has 0 aliphatic carbocycles. The van der Waals surface area contributed by atoms with Crippen LogP contribution in [0.5, 0.6) is 5.88 Å². The van der Waals surface area contributed by atoms with E-state index in [0.717, 1.165) is 24.4 Å². The Morgan fingerprint density at radius 1 is 1.50 bits per heavy atom. The van der Waals surface area contributed by atoms with Gasteiger partial charge >= 0.3 is 0 Å². The fourth-order valence-corrected chi connectivity index (χ4v) is 1.86. The molecule has 1 rings (SSSR count). The lowest BCUT2D eigenvalue weighted by molar-refractivity contribution is 0.397. The molecule has 1 aromatic heterocycles. The molecule has 1 atom stereocenters. The predicted octanol–water partition coefficient (Wildman–Crippen LogP) is 0.948. The van der Waals surface area contributed by atoms with Crippen molar-refractivity contribution in [3.63, 3.8) is 0 Å². The maximum absolute atomic E-state index is 11.1. The summed E-state index contributed by atoms with van der Waals surface area (Å²) in [7, 11) is 0.909. The molecule has 90 valence electrons. The molecule has 0 aliphatic heterocycles. The van der Waals surface area contributed by atoms with Crippen molar-refractivity contribution in [2.75, 3.05) is 25.2 Å². The van der Waals surface area contributed by atoms with E-state index in [0.29, 0.717) is 11.6 Å². The van der Waals surface area contributed by atoms with Crippen LogP contribution in [-0.2, 0) is 17.3 Å². The van der Waals surface area contributed by atoms with Crippen LogP contribution in [0.2, 0.25) is 0 Å². The van der Waals surface area contributed by atoms with Gasteiger partial charge in [-0.05, 0) is 5.56 Å². The molecule has 0 saturated heterocycles. The predicted molar refractivity (Wildman–Crippen MR) is 66.0 cm³/mol. The number of hydrogen-bond donors (Lipinski definition) is 1. The van der Waals surface area contributed by atoms with Gasteiger partial charge in [0, 0.05) is 47.7 Å². The fourth-order valence-electron chi connectivity index (χ4n) is 1.20. The van der Waals surface area contributed by atoms with Crippen molar-refractivity contribution in [1.29, 1.82) is 0 Å². The van der Waals surface area contributed by atoms with Crippen LogP contribution in [0.4, 0.5) is 0 Å². The molecule has 1 N–H and O–H groups in total. The van der Waals surface area contributed by atoms with E-state index in [9.17, 15) is 4.21 Å². The third-order valence-electron chi connectivity index (χ3n) is 2.16. The van der Waals surface area contributed by atoms with E-state index >= 15 is 0 Å². The average molecular weight is 242 g/mol. The number of aromatic nitrogens is 1. The molecule has 4 nitrogen and oxygen atoms in total. The molecule has 1 unspecified atom stereocenters. The molecular formula is C11H18N2O2S. The number of ether oxygens (including phenoxy) is 1.